The summed E-state index contributed by atoms with van der Waals surface area (Å²) in [4.78, 5) is 11.3. The lowest BCUT2D eigenvalue weighted by Crippen LogP contribution is -2.35. The van der Waals surface area contributed by atoms with Gasteiger partial charge in [-0.3, -0.25) is 4.79 Å². The smallest absolute Gasteiger partial charge is 0.240 e. The Bertz CT molecular complexity index is 513. The largest absolute Gasteiger partial charge is 0.493 e. The summed E-state index contributed by atoms with van der Waals surface area (Å²) < 4.78 is 10.4. The number of carbonyl (C=O) groups excluding carboxylic acids is 1. The minimum Gasteiger partial charge on any atom is -0.493 e. The highest BCUT2D eigenvalue weighted by Crippen LogP contribution is 2.29. The number of hydrazone groups is 1. The number of methoxy groups -OCH3 is 2. The number of amides is 1. The van der Waals surface area contributed by atoms with Gasteiger partial charge >= 0.3 is 0 Å². The van der Waals surface area contributed by atoms with Crippen LogP contribution in [0.25, 0.3) is 0 Å². The molecule has 1 heterocycles. The first-order chi connectivity index (χ1) is 9.19. The molecule has 0 saturated carbocycles. The van der Waals surface area contributed by atoms with Gasteiger partial charge in [0.15, 0.2) is 11.5 Å². The molecule has 0 fully saturated rings. The maximum Gasteiger partial charge on any atom is 0.240 e. The average molecular weight is 264 g/mol. The van der Waals surface area contributed by atoms with Crippen LogP contribution in [0, 0.1) is 5.92 Å². The van der Waals surface area contributed by atoms with Gasteiger partial charge in [-0.2, -0.15) is 5.10 Å². The second-order valence-corrected chi connectivity index (χ2v) is 4.19. The zero-order valence-electron chi connectivity index (χ0n) is 10.8. The Hall–Kier alpha value is -2.08. The van der Waals surface area contributed by atoms with Crippen molar-refractivity contribution in [2.45, 2.75) is 6.42 Å². The average Bonchev–Trinajstić information content (AvgIpc) is 2.46. The molecular weight excluding hydrogens is 248 g/mol. The molecule has 0 aliphatic carbocycles. The maximum atomic E-state index is 11.3. The third-order valence-electron chi connectivity index (χ3n) is 3.02. The molecule has 0 spiro atoms. The summed E-state index contributed by atoms with van der Waals surface area (Å²) in [6.45, 7) is -0.124. The molecule has 0 radical (unpaired) electrons. The van der Waals surface area contributed by atoms with E-state index in [0.29, 0.717) is 17.2 Å². The summed E-state index contributed by atoms with van der Waals surface area (Å²) in [6.07, 6.45) is 0.226. The van der Waals surface area contributed by atoms with E-state index in [9.17, 15) is 9.90 Å². The van der Waals surface area contributed by atoms with Gasteiger partial charge in [0.1, 0.15) is 0 Å². The van der Waals surface area contributed by atoms with E-state index < -0.39 is 0 Å². The summed E-state index contributed by atoms with van der Waals surface area (Å²) in [6, 6.07) is 5.36. The van der Waals surface area contributed by atoms with Gasteiger partial charge in [-0.25, -0.2) is 5.43 Å². The molecular formula is C13H16N2O4. The molecule has 0 bridgehead atoms. The Balaban J connectivity index is 2.38. The van der Waals surface area contributed by atoms with Crippen LogP contribution in [0.15, 0.2) is 23.3 Å². The molecule has 1 atom stereocenters. The monoisotopic (exact) mass is 264 g/mol. The van der Waals surface area contributed by atoms with E-state index in [4.69, 9.17) is 9.47 Å². The molecule has 1 aliphatic rings. The third kappa shape index (κ3) is 2.68. The van der Waals surface area contributed by atoms with Gasteiger partial charge in [0.25, 0.3) is 0 Å². The molecule has 0 saturated heterocycles. The van der Waals surface area contributed by atoms with Crippen molar-refractivity contribution in [1.82, 2.24) is 5.43 Å². The van der Waals surface area contributed by atoms with Gasteiger partial charge in [-0.15, -0.1) is 0 Å². The molecule has 1 aromatic carbocycles. The van der Waals surface area contributed by atoms with E-state index in [1.54, 1.807) is 26.4 Å². The first-order valence-electron chi connectivity index (χ1n) is 5.89. The molecule has 2 rings (SSSR count). The topological polar surface area (TPSA) is 80.2 Å². The lowest BCUT2D eigenvalue weighted by molar-refractivity contribution is -0.122. The fourth-order valence-electron chi connectivity index (χ4n) is 2.03. The molecule has 2 N–H and O–H groups in total. The number of hydrogen-bond donors (Lipinski definition) is 2. The number of nitrogens with zero attached hydrogens (tertiary/aromatic N) is 1. The second kappa shape index (κ2) is 5.71. The molecule has 6 nitrogen and oxygen atoms in total. The fourth-order valence-corrected chi connectivity index (χ4v) is 2.03. The van der Waals surface area contributed by atoms with E-state index in [0.717, 1.165) is 5.56 Å². The lowest BCUT2D eigenvalue weighted by Gasteiger charge is -2.21. The van der Waals surface area contributed by atoms with Crippen molar-refractivity contribution < 1.29 is 19.4 Å². The van der Waals surface area contributed by atoms with Gasteiger partial charge in [0.05, 0.1) is 26.5 Å². The van der Waals surface area contributed by atoms with Crippen LogP contribution >= 0.6 is 0 Å². The van der Waals surface area contributed by atoms with Crippen LogP contribution in [0.1, 0.15) is 12.0 Å². The predicted octanol–water partition coefficient (Wildman–Crippen LogP) is 0.536. The van der Waals surface area contributed by atoms with Crippen molar-refractivity contribution in [3.05, 3.63) is 23.8 Å². The highest BCUT2D eigenvalue weighted by molar-refractivity contribution is 6.06. The highest BCUT2D eigenvalue weighted by atomic mass is 16.5. The Morgan fingerprint density at radius 1 is 1.37 bits per heavy atom. The van der Waals surface area contributed by atoms with Gasteiger partial charge in [0.2, 0.25) is 5.91 Å². The number of ether oxygens (including phenoxy) is 2. The van der Waals surface area contributed by atoms with Crippen LogP contribution in [0.4, 0.5) is 0 Å². The van der Waals surface area contributed by atoms with Crippen molar-refractivity contribution in [2.24, 2.45) is 11.0 Å². The minimum absolute atomic E-state index is 0.124. The van der Waals surface area contributed by atoms with Crippen molar-refractivity contribution in [3.8, 4) is 11.5 Å². The summed E-state index contributed by atoms with van der Waals surface area (Å²) >= 11 is 0. The first kappa shape index (κ1) is 13.4. The first-order valence-corrected chi connectivity index (χ1v) is 5.89. The predicted molar refractivity (Wildman–Crippen MR) is 69.4 cm³/mol. The SMILES string of the molecule is COc1ccc(C2=NNC(=O)CC2CO)cc1OC. The molecule has 1 aromatic rings. The Morgan fingerprint density at radius 2 is 2.11 bits per heavy atom. The number of aliphatic hydroxyl groups is 1. The molecule has 19 heavy (non-hydrogen) atoms. The van der Waals surface area contributed by atoms with Crippen LogP contribution in [0.2, 0.25) is 0 Å². The third-order valence-corrected chi connectivity index (χ3v) is 3.02. The quantitative estimate of drug-likeness (QED) is 0.831. The number of benzene rings is 1. The minimum atomic E-state index is -0.299. The highest BCUT2D eigenvalue weighted by Gasteiger charge is 2.25. The van der Waals surface area contributed by atoms with Crippen LogP contribution in [-0.2, 0) is 4.79 Å². The molecule has 6 heteroatoms. The standard InChI is InChI=1S/C13H16N2O4/c1-18-10-4-3-8(5-11(10)19-2)13-9(7-16)6-12(17)14-15-13/h3-5,9,16H,6-7H2,1-2H3,(H,14,17). The Kier molecular flexibility index (Phi) is 4.01. The van der Waals surface area contributed by atoms with Crippen molar-refractivity contribution >= 4 is 11.6 Å². The van der Waals surface area contributed by atoms with Gasteiger partial charge in [-0.1, -0.05) is 0 Å². The van der Waals surface area contributed by atoms with E-state index in [1.807, 2.05) is 6.07 Å². The Labute approximate surface area is 111 Å². The number of carbonyl (C=O) groups is 1. The van der Waals surface area contributed by atoms with Crippen LogP contribution < -0.4 is 14.9 Å². The van der Waals surface area contributed by atoms with E-state index >= 15 is 0 Å². The van der Waals surface area contributed by atoms with Crippen molar-refractivity contribution in [2.75, 3.05) is 20.8 Å². The number of nitrogens with one attached hydrogen (secondary N) is 1. The number of rotatable bonds is 4. The van der Waals surface area contributed by atoms with Crippen molar-refractivity contribution in [1.29, 1.82) is 0 Å². The van der Waals surface area contributed by atoms with Gasteiger partial charge in [0, 0.05) is 17.9 Å². The summed E-state index contributed by atoms with van der Waals surface area (Å²) in [5.41, 5.74) is 3.86. The lowest BCUT2D eigenvalue weighted by atomic mass is 9.93. The normalized spacial score (nSPS) is 18.6. The van der Waals surface area contributed by atoms with Gasteiger partial charge in [-0.05, 0) is 18.2 Å². The van der Waals surface area contributed by atoms with Crippen LogP contribution in [-0.4, -0.2) is 37.6 Å². The van der Waals surface area contributed by atoms with Crippen LogP contribution in [0.5, 0.6) is 11.5 Å². The molecule has 1 aliphatic heterocycles. The van der Waals surface area contributed by atoms with E-state index in [2.05, 4.69) is 10.5 Å². The summed E-state index contributed by atoms with van der Waals surface area (Å²) in [7, 11) is 3.11. The zero-order valence-corrected chi connectivity index (χ0v) is 10.8. The number of aliphatic hydroxyl groups excluding tert-OH is 1. The zero-order chi connectivity index (χ0) is 13.8. The van der Waals surface area contributed by atoms with E-state index in [1.165, 1.54) is 0 Å². The van der Waals surface area contributed by atoms with Crippen molar-refractivity contribution in [3.63, 3.8) is 0 Å². The maximum absolute atomic E-state index is 11.3. The second-order valence-electron chi connectivity index (χ2n) is 4.19. The molecule has 102 valence electrons. The summed E-state index contributed by atoms with van der Waals surface area (Å²) in [5.74, 6) is 0.707. The van der Waals surface area contributed by atoms with Gasteiger partial charge < -0.3 is 14.6 Å². The molecule has 1 amide bonds. The number of hydrogen-bond acceptors (Lipinski definition) is 5. The fraction of sp³-hybridized carbons (Fsp3) is 0.385. The summed E-state index contributed by atoms with van der Waals surface area (Å²) in [5, 5.41) is 13.4. The molecule has 1 unspecified atom stereocenters. The molecule has 0 aromatic heterocycles. The van der Waals surface area contributed by atoms with Crippen LogP contribution in [0.3, 0.4) is 0 Å². The van der Waals surface area contributed by atoms with E-state index in [-0.39, 0.29) is 24.9 Å². The Morgan fingerprint density at radius 3 is 2.74 bits per heavy atom.